The number of benzene rings is 1. The Hall–Kier alpha value is -1.09. The van der Waals surface area contributed by atoms with Crippen LogP contribution in [-0.4, -0.2) is 13.1 Å². The van der Waals surface area contributed by atoms with Crippen LogP contribution in [0.15, 0.2) is 24.3 Å². The van der Waals surface area contributed by atoms with Crippen LogP contribution in [0.5, 0.6) is 0 Å². The summed E-state index contributed by atoms with van der Waals surface area (Å²) in [6.07, 6.45) is 2.07. The SMILES string of the molecule is NCCCCNc1ccc(F)cc1. The molecule has 0 spiro atoms. The smallest absolute Gasteiger partial charge is 0.123 e. The van der Waals surface area contributed by atoms with Gasteiger partial charge in [0.25, 0.3) is 0 Å². The van der Waals surface area contributed by atoms with E-state index in [9.17, 15) is 4.39 Å². The Bertz CT molecular complexity index is 233. The first-order valence-corrected chi connectivity index (χ1v) is 4.52. The lowest BCUT2D eigenvalue weighted by molar-refractivity contribution is 0.628. The van der Waals surface area contributed by atoms with Crippen LogP contribution >= 0.6 is 0 Å². The van der Waals surface area contributed by atoms with Crippen LogP contribution < -0.4 is 11.1 Å². The van der Waals surface area contributed by atoms with Crippen LogP contribution in [0.3, 0.4) is 0 Å². The third-order valence-corrected chi connectivity index (χ3v) is 1.80. The van der Waals surface area contributed by atoms with Gasteiger partial charge in [0.2, 0.25) is 0 Å². The Morgan fingerprint density at radius 2 is 1.85 bits per heavy atom. The van der Waals surface area contributed by atoms with E-state index in [1.54, 1.807) is 12.1 Å². The van der Waals surface area contributed by atoms with Gasteiger partial charge in [0.1, 0.15) is 5.82 Å². The number of nitrogens with two attached hydrogens (primary N) is 1. The molecule has 3 N–H and O–H groups in total. The summed E-state index contributed by atoms with van der Waals surface area (Å²) in [6.45, 7) is 1.62. The van der Waals surface area contributed by atoms with Gasteiger partial charge in [-0.1, -0.05) is 0 Å². The lowest BCUT2D eigenvalue weighted by Crippen LogP contribution is -2.05. The normalized spacial score (nSPS) is 10.0. The monoisotopic (exact) mass is 182 g/mol. The zero-order valence-corrected chi connectivity index (χ0v) is 7.59. The number of unbranched alkanes of at least 4 members (excludes halogenated alkanes) is 1. The van der Waals surface area contributed by atoms with E-state index in [1.807, 2.05) is 0 Å². The van der Waals surface area contributed by atoms with Crippen molar-refractivity contribution in [1.29, 1.82) is 0 Å². The number of hydrogen-bond donors (Lipinski definition) is 2. The molecule has 0 unspecified atom stereocenters. The predicted octanol–water partition coefficient (Wildman–Crippen LogP) is 1.98. The predicted molar refractivity (Wildman–Crippen MR) is 53.2 cm³/mol. The highest BCUT2D eigenvalue weighted by Gasteiger charge is 1.91. The van der Waals surface area contributed by atoms with Crippen LogP contribution in [0.1, 0.15) is 12.8 Å². The number of hydrogen-bond acceptors (Lipinski definition) is 2. The molecule has 1 rings (SSSR count). The van der Waals surface area contributed by atoms with Crippen molar-refractivity contribution in [2.24, 2.45) is 5.73 Å². The number of nitrogens with one attached hydrogen (secondary N) is 1. The molecule has 0 aliphatic heterocycles. The molecule has 0 aromatic heterocycles. The lowest BCUT2D eigenvalue weighted by Gasteiger charge is -2.04. The number of rotatable bonds is 5. The van der Waals surface area contributed by atoms with Crippen molar-refractivity contribution in [2.75, 3.05) is 18.4 Å². The Labute approximate surface area is 77.9 Å². The van der Waals surface area contributed by atoms with Crippen molar-refractivity contribution in [2.45, 2.75) is 12.8 Å². The highest BCUT2D eigenvalue weighted by molar-refractivity contribution is 5.42. The van der Waals surface area contributed by atoms with Crippen molar-refractivity contribution >= 4 is 5.69 Å². The van der Waals surface area contributed by atoms with Gasteiger partial charge in [-0.05, 0) is 43.7 Å². The molecule has 0 bridgehead atoms. The Kier molecular flexibility index (Phi) is 4.26. The van der Waals surface area contributed by atoms with Gasteiger partial charge in [-0.15, -0.1) is 0 Å². The van der Waals surface area contributed by atoms with E-state index < -0.39 is 0 Å². The molecule has 1 aromatic carbocycles. The van der Waals surface area contributed by atoms with Crippen LogP contribution in [0.2, 0.25) is 0 Å². The van der Waals surface area contributed by atoms with Gasteiger partial charge in [0.05, 0.1) is 0 Å². The molecule has 1 aromatic rings. The minimum Gasteiger partial charge on any atom is -0.385 e. The summed E-state index contributed by atoms with van der Waals surface area (Å²) in [5.41, 5.74) is 6.31. The molecule has 0 aliphatic carbocycles. The van der Waals surface area contributed by atoms with Gasteiger partial charge in [-0.2, -0.15) is 0 Å². The van der Waals surface area contributed by atoms with Crippen LogP contribution in [0, 0.1) is 5.82 Å². The zero-order valence-electron chi connectivity index (χ0n) is 7.59. The van der Waals surface area contributed by atoms with E-state index in [2.05, 4.69) is 5.32 Å². The second-order valence-electron chi connectivity index (χ2n) is 2.93. The first-order valence-electron chi connectivity index (χ1n) is 4.52. The van der Waals surface area contributed by atoms with Crippen molar-refractivity contribution in [1.82, 2.24) is 0 Å². The minimum absolute atomic E-state index is 0.201. The third-order valence-electron chi connectivity index (χ3n) is 1.80. The standard InChI is InChI=1S/C10H15FN2/c11-9-3-5-10(6-4-9)13-8-2-1-7-12/h3-6,13H,1-2,7-8,12H2. The van der Waals surface area contributed by atoms with E-state index in [4.69, 9.17) is 5.73 Å². The molecule has 3 heteroatoms. The molecular weight excluding hydrogens is 167 g/mol. The molecule has 0 heterocycles. The zero-order chi connectivity index (χ0) is 9.52. The highest BCUT2D eigenvalue weighted by atomic mass is 19.1. The average molecular weight is 182 g/mol. The Balaban J connectivity index is 2.25. The van der Waals surface area contributed by atoms with Crippen LogP contribution in [0.25, 0.3) is 0 Å². The third kappa shape index (κ3) is 3.90. The molecule has 0 atom stereocenters. The van der Waals surface area contributed by atoms with Crippen molar-refractivity contribution in [3.05, 3.63) is 30.1 Å². The highest BCUT2D eigenvalue weighted by Crippen LogP contribution is 2.07. The van der Waals surface area contributed by atoms with Gasteiger partial charge < -0.3 is 11.1 Å². The topological polar surface area (TPSA) is 38.0 Å². The van der Waals surface area contributed by atoms with E-state index in [0.717, 1.165) is 31.6 Å². The van der Waals surface area contributed by atoms with E-state index in [1.165, 1.54) is 12.1 Å². The molecule has 0 amide bonds. The first-order chi connectivity index (χ1) is 6.33. The van der Waals surface area contributed by atoms with Crippen molar-refractivity contribution in [3.8, 4) is 0 Å². The molecule has 0 aliphatic rings. The molecule has 72 valence electrons. The fourth-order valence-corrected chi connectivity index (χ4v) is 1.07. The second kappa shape index (κ2) is 5.54. The number of anilines is 1. The minimum atomic E-state index is -0.201. The van der Waals surface area contributed by atoms with E-state index in [-0.39, 0.29) is 5.82 Å². The molecule has 0 radical (unpaired) electrons. The first kappa shape index (κ1) is 9.99. The molecule has 0 saturated heterocycles. The summed E-state index contributed by atoms with van der Waals surface area (Å²) >= 11 is 0. The lowest BCUT2D eigenvalue weighted by atomic mass is 10.3. The molecule has 2 nitrogen and oxygen atoms in total. The summed E-state index contributed by atoms with van der Waals surface area (Å²) in [6, 6.07) is 6.37. The maximum atomic E-state index is 12.5. The summed E-state index contributed by atoms with van der Waals surface area (Å²) in [5.74, 6) is -0.201. The fourth-order valence-electron chi connectivity index (χ4n) is 1.07. The average Bonchev–Trinajstić information content (AvgIpc) is 2.15. The maximum absolute atomic E-state index is 12.5. The Morgan fingerprint density at radius 1 is 1.15 bits per heavy atom. The van der Waals surface area contributed by atoms with Crippen molar-refractivity contribution < 1.29 is 4.39 Å². The van der Waals surface area contributed by atoms with E-state index >= 15 is 0 Å². The van der Waals surface area contributed by atoms with Gasteiger partial charge >= 0.3 is 0 Å². The van der Waals surface area contributed by atoms with Crippen LogP contribution in [-0.2, 0) is 0 Å². The van der Waals surface area contributed by atoms with Crippen LogP contribution in [0.4, 0.5) is 10.1 Å². The van der Waals surface area contributed by atoms with Crippen molar-refractivity contribution in [3.63, 3.8) is 0 Å². The molecule has 13 heavy (non-hydrogen) atoms. The quantitative estimate of drug-likeness (QED) is 0.683. The van der Waals surface area contributed by atoms with Gasteiger partial charge in [0, 0.05) is 12.2 Å². The second-order valence-corrected chi connectivity index (χ2v) is 2.93. The summed E-state index contributed by atoms with van der Waals surface area (Å²) in [5, 5.41) is 3.18. The molecular formula is C10H15FN2. The van der Waals surface area contributed by atoms with E-state index in [0.29, 0.717) is 0 Å². The molecule has 0 fully saturated rings. The summed E-state index contributed by atoms with van der Waals surface area (Å²) in [7, 11) is 0. The summed E-state index contributed by atoms with van der Waals surface area (Å²) < 4.78 is 12.5. The largest absolute Gasteiger partial charge is 0.385 e. The fraction of sp³-hybridized carbons (Fsp3) is 0.400. The Morgan fingerprint density at radius 3 is 2.46 bits per heavy atom. The number of halogens is 1. The molecule has 0 saturated carbocycles. The maximum Gasteiger partial charge on any atom is 0.123 e. The van der Waals surface area contributed by atoms with Gasteiger partial charge in [0.15, 0.2) is 0 Å². The van der Waals surface area contributed by atoms with Gasteiger partial charge in [-0.3, -0.25) is 0 Å². The van der Waals surface area contributed by atoms with Gasteiger partial charge in [-0.25, -0.2) is 4.39 Å². The summed E-state index contributed by atoms with van der Waals surface area (Å²) in [4.78, 5) is 0.